The number of aliphatic hydroxyl groups is 2. The number of alkyl carbamates (subject to hydrolysis) is 1. The highest BCUT2D eigenvalue weighted by Gasteiger charge is 2.26. The van der Waals surface area contributed by atoms with Crippen LogP contribution in [0, 0.1) is 6.92 Å². The fourth-order valence-electron chi connectivity index (χ4n) is 1.82. The minimum Gasteiger partial charge on any atom is -0.477 e. The van der Waals surface area contributed by atoms with Gasteiger partial charge in [-0.15, -0.1) is 0 Å². The van der Waals surface area contributed by atoms with Crippen molar-refractivity contribution in [2.24, 2.45) is 0 Å². The number of carboxylic acids is 1. The predicted molar refractivity (Wildman–Crippen MR) is 81.1 cm³/mol. The van der Waals surface area contributed by atoms with Gasteiger partial charge in [0.15, 0.2) is 5.69 Å². The molecule has 1 heterocycles. The lowest BCUT2D eigenvalue weighted by Crippen LogP contribution is -2.39. The van der Waals surface area contributed by atoms with E-state index < -0.39 is 29.9 Å². The van der Waals surface area contributed by atoms with Crippen LogP contribution in [0.3, 0.4) is 0 Å². The molecule has 0 saturated heterocycles. The average Bonchev–Trinajstić information content (AvgIpc) is 2.41. The van der Waals surface area contributed by atoms with Crippen LogP contribution in [0.5, 0.6) is 0 Å². The highest BCUT2D eigenvalue weighted by Crippen LogP contribution is 2.21. The summed E-state index contributed by atoms with van der Waals surface area (Å²) < 4.78 is 5.01. The normalized spacial score (nSPS) is 14.0. The lowest BCUT2D eigenvalue weighted by Gasteiger charge is -2.22. The minimum absolute atomic E-state index is 0.0176. The van der Waals surface area contributed by atoms with E-state index in [1.807, 2.05) is 0 Å². The van der Waals surface area contributed by atoms with Crippen LogP contribution < -0.4 is 5.32 Å². The van der Waals surface area contributed by atoms with Gasteiger partial charge in [-0.25, -0.2) is 14.6 Å². The molecule has 0 radical (unpaired) electrons. The number of aromatic carboxylic acids is 1. The highest BCUT2D eigenvalue weighted by atomic mass is 16.6. The Balaban J connectivity index is 2.77. The van der Waals surface area contributed by atoms with Gasteiger partial charge in [-0.1, -0.05) is 0 Å². The third-order valence-corrected chi connectivity index (χ3v) is 2.79. The Labute approximate surface area is 134 Å². The average molecular weight is 326 g/mol. The summed E-state index contributed by atoms with van der Waals surface area (Å²) in [6, 6.07) is 1.43. The van der Waals surface area contributed by atoms with Crippen LogP contribution in [0.4, 0.5) is 4.79 Å². The number of aryl methyl sites for hydroxylation is 1. The van der Waals surface area contributed by atoms with Crippen LogP contribution in [0.1, 0.15) is 48.5 Å². The van der Waals surface area contributed by atoms with Gasteiger partial charge in [-0.2, -0.15) is 0 Å². The third-order valence-electron chi connectivity index (χ3n) is 2.79. The summed E-state index contributed by atoms with van der Waals surface area (Å²) in [6.07, 6.45) is -2.32. The van der Waals surface area contributed by atoms with Gasteiger partial charge in [0.25, 0.3) is 0 Å². The molecule has 1 aromatic heterocycles. The van der Waals surface area contributed by atoms with Crippen molar-refractivity contribution < 1.29 is 29.6 Å². The first-order valence-corrected chi connectivity index (χ1v) is 7.04. The number of pyridine rings is 1. The molecule has 23 heavy (non-hydrogen) atoms. The van der Waals surface area contributed by atoms with E-state index in [-0.39, 0.29) is 17.8 Å². The Hall–Kier alpha value is -2.19. The summed E-state index contributed by atoms with van der Waals surface area (Å²) in [5.74, 6) is -1.31. The maximum Gasteiger partial charge on any atom is 0.407 e. The van der Waals surface area contributed by atoms with Crippen molar-refractivity contribution in [1.29, 1.82) is 0 Å². The van der Waals surface area contributed by atoms with E-state index in [0.29, 0.717) is 5.56 Å². The lowest BCUT2D eigenvalue weighted by molar-refractivity contribution is 0.0118. The molecule has 0 bridgehead atoms. The second-order valence-electron chi connectivity index (χ2n) is 6.15. The largest absolute Gasteiger partial charge is 0.477 e. The van der Waals surface area contributed by atoms with E-state index in [0.717, 1.165) is 0 Å². The number of amides is 1. The van der Waals surface area contributed by atoms with Crippen LogP contribution in [-0.2, 0) is 4.74 Å². The van der Waals surface area contributed by atoms with Crippen LogP contribution in [0.15, 0.2) is 12.3 Å². The van der Waals surface area contributed by atoms with Gasteiger partial charge >= 0.3 is 12.1 Å². The lowest BCUT2D eigenvalue weighted by atomic mass is 10.0. The first-order chi connectivity index (χ1) is 10.5. The topological polar surface area (TPSA) is 129 Å². The van der Waals surface area contributed by atoms with Crippen molar-refractivity contribution >= 4 is 12.1 Å². The number of carbonyl (C=O) groups excluding carboxylic acids is 1. The number of aromatic nitrogens is 1. The van der Waals surface area contributed by atoms with Crippen molar-refractivity contribution in [3.63, 3.8) is 0 Å². The Bertz CT molecular complexity index is 582. The van der Waals surface area contributed by atoms with Gasteiger partial charge in [-0.05, 0) is 39.3 Å². The zero-order valence-corrected chi connectivity index (χ0v) is 13.5. The third kappa shape index (κ3) is 5.84. The molecule has 0 saturated carbocycles. The van der Waals surface area contributed by atoms with Gasteiger partial charge < -0.3 is 25.4 Å². The Kier molecular flexibility index (Phi) is 6.05. The van der Waals surface area contributed by atoms with Crippen LogP contribution in [0.2, 0.25) is 0 Å². The monoisotopic (exact) mass is 326 g/mol. The molecule has 0 spiro atoms. The molecule has 8 heteroatoms. The number of hydrogen-bond acceptors (Lipinski definition) is 6. The standard InChI is InChI=1S/C15H22N2O6/c1-8-5-9(11(13(20)21)16-6-8)12(19)10(18)7-17-14(22)23-15(2,3)4/h5-6,10,12,18-19H,7H2,1-4H3,(H,17,22)(H,20,21). The Morgan fingerprint density at radius 1 is 1.35 bits per heavy atom. The maximum atomic E-state index is 11.5. The Morgan fingerprint density at radius 3 is 2.48 bits per heavy atom. The SMILES string of the molecule is Cc1cnc(C(=O)O)c(C(O)C(O)CNC(=O)OC(C)(C)C)c1. The zero-order valence-electron chi connectivity index (χ0n) is 13.5. The van der Waals surface area contributed by atoms with E-state index >= 15 is 0 Å². The summed E-state index contributed by atoms with van der Waals surface area (Å²) >= 11 is 0. The molecule has 2 atom stereocenters. The summed E-state index contributed by atoms with van der Waals surface area (Å²) in [7, 11) is 0. The van der Waals surface area contributed by atoms with Gasteiger partial charge in [0, 0.05) is 18.3 Å². The molecule has 128 valence electrons. The van der Waals surface area contributed by atoms with Crippen molar-refractivity contribution in [1.82, 2.24) is 10.3 Å². The molecule has 0 aromatic carbocycles. The number of carbonyl (C=O) groups is 2. The van der Waals surface area contributed by atoms with Crippen molar-refractivity contribution in [2.45, 2.75) is 45.5 Å². The number of carboxylic acid groups (broad SMARTS) is 1. The van der Waals surface area contributed by atoms with Crippen LogP contribution >= 0.6 is 0 Å². The first-order valence-electron chi connectivity index (χ1n) is 7.04. The number of hydrogen-bond donors (Lipinski definition) is 4. The second-order valence-corrected chi connectivity index (χ2v) is 6.15. The van der Waals surface area contributed by atoms with Crippen molar-refractivity contribution in [2.75, 3.05) is 6.54 Å². The van der Waals surface area contributed by atoms with E-state index in [9.17, 15) is 19.8 Å². The highest BCUT2D eigenvalue weighted by molar-refractivity contribution is 5.87. The summed E-state index contributed by atoms with van der Waals surface area (Å²) in [5.41, 5.74) is -0.420. The molecule has 4 N–H and O–H groups in total. The number of nitrogens with one attached hydrogen (secondary N) is 1. The van der Waals surface area contributed by atoms with E-state index in [4.69, 9.17) is 9.84 Å². The molecule has 8 nitrogen and oxygen atoms in total. The smallest absolute Gasteiger partial charge is 0.407 e. The second kappa shape index (κ2) is 7.38. The molecular formula is C15H22N2O6. The quantitative estimate of drug-likeness (QED) is 0.635. The van der Waals surface area contributed by atoms with Crippen molar-refractivity contribution in [3.05, 3.63) is 29.1 Å². The number of rotatable bonds is 5. The van der Waals surface area contributed by atoms with E-state index in [2.05, 4.69) is 10.3 Å². The zero-order chi connectivity index (χ0) is 17.8. The fourth-order valence-corrected chi connectivity index (χ4v) is 1.82. The summed E-state index contributed by atoms with van der Waals surface area (Å²) in [4.78, 5) is 26.4. The number of nitrogens with zero attached hydrogens (tertiary/aromatic N) is 1. The number of ether oxygens (including phenoxy) is 1. The van der Waals surface area contributed by atoms with Gasteiger partial charge in [-0.3, -0.25) is 0 Å². The van der Waals surface area contributed by atoms with Gasteiger partial charge in [0.05, 0.1) is 0 Å². The van der Waals surface area contributed by atoms with E-state index in [1.54, 1.807) is 27.7 Å². The Morgan fingerprint density at radius 2 is 1.96 bits per heavy atom. The molecule has 0 aliphatic rings. The molecule has 2 unspecified atom stereocenters. The van der Waals surface area contributed by atoms with Gasteiger partial charge in [0.2, 0.25) is 0 Å². The van der Waals surface area contributed by atoms with Gasteiger partial charge in [0.1, 0.15) is 17.8 Å². The summed E-state index contributed by atoms with van der Waals surface area (Å²) in [6.45, 7) is 6.45. The van der Waals surface area contributed by atoms with Crippen LogP contribution in [0.25, 0.3) is 0 Å². The van der Waals surface area contributed by atoms with Crippen LogP contribution in [-0.4, -0.2) is 50.6 Å². The predicted octanol–water partition coefficient (Wildman–Crippen LogP) is 1.01. The minimum atomic E-state index is -1.51. The maximum absolute atomic E-state index is 11.5. The molecule has 1 aromatic rings. The fraction of sp³-hybridized carbons (Fsp3) is 0.533. The van der Waals surface area contributed by atoms with Crippen molar-refractivity contribution in [3.8, 4) is 0 Å². The molecule has 0 aliphatic heterocycles. The molecular weight excluding hydrogens is 304 g/mol. The summed E-state index contributed by atoms with van der Waals surface area (Å²) in [5, 5.41) is 31.5. The molecule has 1 amide bonds. The first kappa shape index (κ1) is 18.9. The molecule has 0 fully saturated rings. The van der Waals surface area contributed by atoms with E-state index in [1.165, 1.54) is 12.3 Å². The molecule has 1 rings (SSSR count). The molecule has 0 aliphatic carbocycles. The number of aliphatic hydroxyl groups excluding tert-OH is 2.